The average Bonchev–Trinajstić information content (AvgIpc) is 2.46. The minimum Gasteiger partial charge on any atom is -0.381 e. The maximum Gasteiger partial charge on any atom is 0.240 e. The minimum absolute atomic E-state index is 0.0912. The number of hydrogen-bond acceptors (Lipinski definition) is 4. The first kappa shape index (κ1) is 13.7. The molecule has 1 amide bonds. The van der Waals surface area contributed by atoms with Crippen LogP contribution < -0.4 is 5.32 Å². The number of nitrogens with zero attached hydrogens (tertiary/aromatic N) is 1. The number of ether oxygens (including phenoxy) is 1. The second-order valence-corrected chi connectivity index (χ2v) is 6.30. The van der Waals surface area contributed by atoms with Gasteiger partial charge in [-0.1, -0.05) is 0 Å². The van der Waals surface area contributed by atoms with Gasteiger partial charge in [-0.15, -0.1) is 0 Å². The Morgan fingerprint density at radius 3 is 2.67 bits per heavy atom. The predicted octanol–water partition coefficient (Wildman–Crippen LogP) is 1.57. The van der Waals surface area contributed by atoms with Gasteiger partial charge in [-0.3, -0.25) is 4.79 Å². The average molecular weight is 268 g/mol. The van der Waals surface area contributed by atoms with Crippen molar-refractivity contribution in [3.63, 3.8) is 0 Å². The third-order valence-electron chi connectivity index (χ3n) is 3.89. The molecule has 0 unspecified atom stereocenters. The molecule has 4 nitrogen and oxygen atoms in total. The Morgan fingerprint density at radius 1 is 1.39 bits per heavy atom. The van der Waals surface area contributed by atoms with Gasteiger partial charge in [0.2, 0.25) is 5.91 Å². The van der Waals surface area contributed by atoms with Crippen molar-refractivity contribution in [2.24, 2.45) is 11.3 Å². The zero-order chi connectivity index (χ0) is 12.8. The van der Waals surface area contributed by atoms with E-state index in [0.29, 0.717) is 32.0 Å². The summed E-state index contributed by atoms with van der Waals surface area (Å²) in [7, 11) is 0. The molecule has 2 aliphatic rings. The van der Waals surface area contributed by atoms with Crippen LogP contribution in [0.25, 0.3) is 0 Å². The SMILES string of the molecule is N#CC1(C(=O)NCC2CCSCC2)CCOCC1. The highest BCUT2D eigenvalue weighted by molar-refractivity contribution is 7.99. The fraction of sp³-hybridized carbons (Fsp3) is 0.846. The Bertz CT molecular complexity index is 328. The zero-order valence-electron chi connectivity index (χ0n) is 10.6. The number of amides is 1. The molecule has 0 aromatic rings. The van der Waals surface area contributed by atoms with Crippen molar-refractivity contribution in [3.05, 3.63) is 0 Å². The van der Waals surface area contributed by atoms with Crippen LogP contribution in [0.15, 0.2) is 0 Å². The number of hydrogen-bond donors (Lipinski definition) is 1. The first-order chi connectivity index (χ1) is 8.77. The lowest BCUT2D eigenvalue weighted by atomic mass is 9.80. The van der Waals surface area contributed by atoms with Crippen molar-refractivity contribution in [2.45, 2.75) is 25.7 Å². The highest BCUT2D eigenvalue weighted by Gasteiger charge is 2.40. The van der Waals surface area contributed by atoms with Gasteiger partial charge in [0.1, 0.15) is 5.41 Å². The molecule has 5 heteroatoms. The van der Waals surface area contributed by atoms with E-state index < -0.39 is 5.41 Å². The number of carbonyl (C=O) groups excluding carboxylic acids is 1. The third kappa shape index (κ3) is 3.18. The van der Waals surface area contributed by atoms with E-state index in [9.17, 15) is 10.1 Å². The summed E-state index contributed by atoms with van der Waals surface area (Å²) in [5.41, 5.74) is -0.846. The van der Waals surface area contributed by atoms with Gasteiger partial charge >= 0.3 is 0 Å². The molecular weight excluding hydrogens is 248 g/mol. The van der Waals surface area contributed by atoms with E-state index >= 15 is 0 Å². The third-order valence-corrected chi connectivity index (χ3v) is 4.94. The normalized spacial score (nSPS) is 24.2. The maximum absolute atomic E-state index is 12.2. The predicted molar refractivity (Wildman–Crippen MR) is 71.2 cm³/mol. The van der Waals surface area contributed by atoms with Gasteiger partial charge < -0.3 is 10.1 Å². The Hall–Kier alpha value is -0.730. The minimum atomic E-state index is -0.846. The van der Waals surface area contributed by atoms with Gasteiger partial charge in [-0.2, -0.15) is 17.0 Å². The molecule has 0 spiro atoms. The van der Waals surface area contributed by atoms with E-state index in [1.807, 2.05) is 11.8 Å². The molecule has 18 heavy (non-hydrogen) atoms. The van der Waals surface area contributed by atoms with Gasteiger partial charge in [0.05, 0.1) is 6.07 Å². The van der Waals surface area contributed by atoms with E-state index in [-0.39, 0.29) is 5.91 Å². The number of thioether (sulfide) groups is 1. The fourth-order valence-electron chi connectivity index (χ4n) is 2.47. The Morgan fingerprint density at radius 2 is 2.06 bits per heavy atom. The van der Waals surface area contributed by atoms with Crippen molar-refractivity contribution < 1.29 is 9.53 Å². The van der Waals surface area contributed by atoms with Crippen molar-refractivity contribution in [1.82, 2.24) is 5.32 Å². The summed E-state index contributed by atoms with van der Waals surface area (Å²) in [6.07, 6.45) is 3.40. The molecule has 0 saturated carbocycles. The van der Waals surface area contributed by atoms with Crippen molar-refractivity contribution in [2.75, 3.05) is 31.3 Å². The second-order valence-electron chi connectivity index (χ2n) is 5.07. The molecule has 0 aromatic heterocycles. The Balaban J connectivity index is 1.84. The summed E-state index contributed by atoms with van der Waals surface area (Å²) in [6, 6.07) is 2.21. The van der Waals surface area contributed by atoms with E-state index in [2.05, 4.69) is 11.4 Å². The number of rotatable bonds is 3. The van der Waals surface area contributed by atoms with Crippen LogP contribution in [0.4, 0.5) is 0 Å². The molecular formula is C13H20N2O2S. The molecule has 0 bridgehead atoms. The summed E-state index contributed by atoms with van der Waals surface area (Å²) in [6.45, 7) is 1.76. The first-order valence-corrected chi connectivity index (χ1v) is 7.77. The lowest BCUT2D eigenvalue weighted by Gasteiger charge is -2.30. The lowest BCUT2D eigenvalue weighted by Crippen LogP contribution is -2.45. The molecule has 0 atom stereocenters. The topological polar surface area (TPSA) is 62.1 Å². The van der Waals surface area contributed by atoms with Crippen LogP contribution in [0.2, 0.25) is 0 Å². The maximum atomic E-state index is 12.2. The first-order valence-electron chi connectivity index (χ1n) is 6.62. The van der Waals surface area contributed by atoms with Crippen molar-refractivity contribution in [1.29, 1.82) is 5.26 Å². The smallest absolute Gasteiger partial charge is 0.240 e. The molecule has 2 saturated heterocycles. The van der Waals surface area contributed by atoms with Crippen LogP contribution in [0, 0.1) is 22.7 Å². The highest BCUT2D eigenvalue weighted by Crippen LogP contribution is 2.30. The van der Waals surface area contributed by atoms with Gasteiger partial charge in [-0.25, -0.2) is 0 Å². The molecule has 0 aromatic carbocycles. The number of carbonyl (C=O) groups is 1. The quantitative estimate of drug-likeness (QED) is 0.844. The summed E-state index contributed by atoms with van der Waals surface area (Å²) in [5.74, 6) is 2.88. The van der Waals surface area contributed by atoms with Crippen LogP contribution in [-0.2, 0) is 9.53 Å². The van der Waals surface area contributed by atoms with Crippen LogP contribution in [0.5, 0.6) is 0 Å². The molecule has 2 fully saturated rings. The van der Waals surface area contributed by atoms with Gasteiger partial charge in [-0.05, 0) is 43.1 Å². The van der Waals surface area contributed by atoms with Crippen LogP contribution in [0.1, 0.15) is 25.7 Å². The van der Waals surface area contributed by atoms with Crippen molar-refractivity contribution in [3.8, 4) is 6.07 Å². The van der Waals surface area contributed by atoms with E-state index in [1.165, 1.54) is 24.3 Å². The molecule has 2 rings (SSSR count). The monoisotopic (exact) mass is 268 g/mol. The molecule has 2 heterocycles. The summed E-state index contributed by atoms with van der Waals surface area (Å²) >= 11 is 1.98. The molecule has 2 aliphatic heterocycles. The van der Waals surface area contributed by atoms with E-state index in [1.54, 1.807) is 0 Å². The van der Waals surface area contributed by atoms with Crippen LogP contribution in [-0.4, -0.2) is 37.2 Å². The van der Waals surface area contributed by atoms with E-state index in [0.717, 1.165) is 6.54 Å². The molecule has 100 valence electrons. The van der Waals surface area contributed by atoms with Crippen LogP contribution >= 0.6 is 11.8 Å². The molecule has 0 aliphatic carbocycles. The summed E-state index contributed by atoms with van der Waals surface area (Å²) in [4.78, 5) is 12.2. The summed E-state index contributed by atoms with van der Waals surface area (Å²) in [5, 5.41) is 12.3. The van der Waals surface area contributed by atoms with Crippen LogP contribution in [0.3, 0.4) is 0 Å². The standard InChI is InChI=1S/C13H20N2O2S/c14-10-13(3-5-17-6-4-13)12(16)15-9-11-1-7-18-8-2-11/h11H,1-9H2,(H,15,16). The number of nitriles is 1. The van der Waals surface area contributed by atoms with Crippen molar-refractivity contribution >= 4 is 17.7 Å². The fourth-order valence-corrected chi connectivity index (χ4v) is 3.67. The Kier molecular flexibility index (Phi) is 4.90. The highest BCUT2D eigenvalue weighted by atomic mass is 32.2. The molecule has 1 N–H and O–H groups in total. The molecule has 0 radical (unpaired) electrons. The Labute approximate surface area is 112 Å². The summed E-state index contributed by atoms with van der Waals surface area (Å²) < 4.78 is 5.24. The lowest BCUT2D eigenvalue weighted by molar-refractivity contribution is -0.132. The second kappa shape index (κ2) is 6.44. The van der Waals surface area contributed by atoms with E-state index in [4.69, 9.17) is 4.74 Å². The van der Waals surface area contributed by atoms with Gasteiger partial charge in [0.15, 0.2) is 0 Å². The largest absolute Gasteiger partial charge is 0.381 e. The zero-order valence-corrected chi connectivity index (χ0v) is 11.4. The van der Waals surface area contributed by atoms with Gasteiger partial charge in [0.25, 0.3) is 0 Å². The number of nitrogens with one attached hydrogen (secondary N) is 1. The van der Waals surface area contributed by atoms with Gasteiger partial charge in [0, 0.05) is 19.8 Å².